The van der Waals surface area contributed by atoms with E-state index in [1.807, 2.05) is 39.0 Å². The van der Waals surface area contributed by atoms with Crippen molar-refractivity contribution in [3.63, 3.8) is 0 Å². The van der Waals surface area contributed by atoms with E-state index in [1.165, 1.54) is 10.8 Å². The molecule has 1 aromatic carbocycles. The molecule has 0 unspecified atom stereocenters. The smallest absolute Gasteiger partial charge is 0.332 e. The van der Waals surface area contributed by atoms with Crippen molar-refractivity contribution < 1.29 is 9.21 Å². The van der Waals surface area contributed by atoms with Crippen LogP contribution in [0.2, 0.25) is 0 Å². The quantitative estimate of drug-likeness (QED) is 0.501. The maximum atomic E-state index is 13.4. The number of benzene rings is 1. The third-order valence-corrected chi connectivity index (χ3v) is 5.52. The number of hydrogen-bond acceptors (Lipinski definition) is 5. The van der Waals surface area contributed by atoms with Crippen molar-refractivity contribution in [1.82, 2.24) is 18.9 Å². The first-order chi connectivity index (χ1) is 15.3. The average Bonchev–Trinajstić information content (AvgIpc) is 3.39. The molecule has 0 radical (unpaired) electrons. The first kappa shape index (κ1) is 21.4. The lowest BCUT2D eigenvalue weighted by Gasteiger charge is -2.14. The summed E-state index contributed by atoms with van der Waals surface area (Å²) in [7, 11) is 0. The number of hydrogen-bond donors (Lipinski definition) is 1. The van der Waals surface area contributed by atoms with E-state index in [-0.39, 0.29) is 24.5 Å². The fourth-order valence-corrected chi connectivity index (χ4v) is 3.97. The summed E-state index contributed by atoms with van der Waals surface area (Å²) in [5, 5.41) is 7.32. The van der Waals surface area contributed by atoms with Crippen molar-refractivity contribution in [3.8, 4) is 0 Å². The highest BCUT2D eigenvalue weighted by Gasteiger charge is 2.22. The number of aromatic nitrogens is 4. The van der Waals surface area contributed by atoms with E-state index in [1.54, 1.807) is 23.7 Å². The van der Waals surface area contributed by atoms with Gasteiger partial charge < -0.3 is 9.73 Å². The van der Waals surface area contributed by atoms with Gasteiger partial charge >= 0.3 is 5.69 Å². The zero-order valence-corrected chi connectivity index (χ0v) is 18.5. The Bertz CT molecular complexity index is 1400. The number of carbonyl (C=O) groups is 1. The largest absolute Gasteiger partial charge is 0.467 e. The number of amides is 1. The van der Waals surface area contributed by atoms with Crippen molar-refractivity contribution in [2.45, 2.75) is 47.3 Å². The summed E-state index contributed by atoms with van der Waals surface area (Å²) in [6.45, 7) is 7.57. The maximum Gasteiger partial charge on any atom is 0.332 e. The van der Waals surface area contributed by atoms with E-state index in [0.717, 1.165) is 15.7 Å². The number of aryl methyl sites for hydroxylation is 4. The third kappa shape index (κ3) is 3.66. The summed E-state index contributed by atoms with van der Waals surface area (Å²) >= 11 is 0. The number of nitrogens with one attached hydrogen (secondary N) is 1. The molecule has 4 aromatic rings. The van der Waals surface area contributed by atoms with Crippen LogP contribution in [0.15, 0.2) is 50.6 Å². The molecule has 0 spiro atoms. The summed E-state index contributed by atoms with van der Waals surface area (Å²) in [5.41, 5.74) is 2.68. The molecular formula is C23H25N5O4. The highest BCUT2D eigenvalue weighted by Crippen LogP contribution is 2.20. The van der Waals surface area contributed by atoms with Crippen LogP contribution in [0, 0.1) is 20.8 Å². The fourth-order valence-electron chi connectivity index (χ4n) is 3.97. The summed E-state index contributed by atoms with van der Waals surface area (Å²) in [6, 6.07) is 9.12. The molecule has 1 N–H and O–H groups in total. The molecule has 3 aromatic heterocycles. The molecule has 166 valence electrons. The molecule has 9 nitrogen and oxygen atoms in total. The molecular weight excluding hydrogens is 410 g/mol. The van der Waals surface area contributed by atoms with Gasteiger partial charge in [0.2, 0.25) is 5.91 Å². The first-order valence-electron chi connectivity index (χ1n) is 10.4. The Labute approximate surface area is 183 Å². The predicted octanol–water partition coefficient (Wildman–Crippen LogP) is 2.58. The lowest BCUT2D eigenvalue weighted by atomic mass is 10.1. The predicted molar refractivity (Wildman–Crippen MR) is 121 cm³/mol. The van der Waals surface area contributed by atoms with Crippen LogP contribution >= 0.6 is 0 Å². The van der Waals surface area contributed by atoms with Crippen LogP contribution in [0.5, 0.6) is 0 Å². The van der Waals surface area contributed by atoms with Crippen LogP contribution in [0.4, 0.5) is 5.69 Å². The van der Waals surface area contributed by atoms with Crippen LogP contribution in [0.3, 0.4) is 0 Å². The highest BCUT2D eigenvalue weighted by molar-refractivity contribution is 5.93. The van der Waals surface area contributed by atoms with E-state index in [2.05, 4.69) is 10.4 Å². The zero-order valence-electron chi connectivity index (χ0n) is 18.5. The number of para-hydroxylation sites is 1. The summed E-state index contributed by atoms with van der Waals surface area (Å²) in [6.07, 6.45) is 1.48. The molecule has 0 bridgehead atoms. The molecule has 0 fully saturated rings. The standard InChI is InChI=1S/C23H25N5O4/c1-5-28-21-20(16(4)25-28)26(13-18(29)24-19-14(2)8-6-9-15(19)3)23(31)27(22(21)30)12-17-10-7-11-32-17/h6-11H,5,12-13H2,1-4H3,(H,24,29). The SMILES string of the molecule is CCn1nc(C)c2c1c(=O)n(Cc1ccco1)c(=O)n2CC(=O)Nc1c(C)cccc1C. The Balaban J connectivity index is 1.84. The van der Waals surface area contributed by atoms with Crippen molar-refractivity contribution in [1.29, 1.82) is 0 Å². The Morgan fingerprint density at radius 2 is 1.75 bits per heavy atom. The van der Waals surface area contributed by atoms with Crippen molar-refractivity contribution >= 4 is 22.6 Å². The molecule has 4 rings (SSSR count). The monoisotopic (exact) mass is 435 g/mol. The number of nitrogens with zero attached hydrogens (tertiary/aromatic N) is 4. The highest BCUT2D eigenvalue weighted by atomic mass is 16.3. The Kier molecular flexibility index (Phi) is 5.56. The summed E-state index contributed by atoms with van der Waals surface area (Å²) in [5.74, 6) is 0.104. The topological polar surface area (TPSA) is 104 Å². The fraction of sp³-hybridized carbons (Fsp3) is 0.304. The van der Waals surface area contributed by atoms with Gasteiger partial charge in [-0.25, -0.2) is 4.79 Å². The van der Waals surface area contributed by atoms with E-state index in [0.29, 0.717) is 29.2 Å². The molecule has 0 atom stereocenters. The number of anilines is 1. The van der Waals surface area contributed by atoms with E-state index in [4.69, 9.17) is 4.42 Å². The van der Waals surface area contributed by atoms with Crippen LogP contribution in [-0.4, -0.2) is 24.8 Å². The van der Waals surface area contributed by atoms with Gasteiger partial charge in [-0.1, -0.05) is 18.2 Å². The number of fused-ring (bicyclic) bond motifs is 1. The van der Waals surface area contributed by atoms with Gasteiger partial charge in [0.05, 0.1) is 18.5 Å². The van der Waals surface area contributed by atoms with Gasteiger partial charge in [-0.2, -0.15) is 5.10 Å². The van der Waals surface area contributed by atoms with Crippen molar-refractivity contribution in [3.05, 3.63) is 80.0 Å². The summed E-state index contributed by atoms with van der Waals surface area (Å²) < 4.78 is 9.30. The molecule has 1 amide bonds. The minimum absolute atomic E-state index is 0.0347. The second-order valence-corrected chi connectivity index (χ2v) is 7.75. The van der Waals surface area contributed by atoms with Gasteiger partial charge in [-0.15, -0.1) is 0 Å². The first-order valence-corrected chi connectivity index (χ1v) is 10.4. The Morgan fingerprint density at radius 3 is 2.38 bits per heavy atom. The van der Waals surface area contributed by atoms with E-state index >= 15 is 0 Å². The normalized spacial score (nSPS) is 11.2. The molecule has 0 aliphatic rings. The lowest BCUT2D eigenvalue weighted by Crippen LogP contribution is -2.42. The van der Waals surface area contributed by atoms with Crippen LogP contribution in [0.25, 0.3) is 11.0 Å². The van der Waals surface area contributed by atoms with E-state index < -0.39 is 11.2 Å². The molecule has 0 saturated heterocycles. The van der Waals surface area contributed by atoms with Gasteiger partial charge in [0.15, 0.2) is 5.52 Å². The Hall–Kier alpha value is -3.88. The number of rotatable bonds is 6. The van der Waals surface area contributed by atoms with Crippen molar-refractivity contribution in [2.24, 2.45) is 0 Å². The molecule has 0 aliphatic carbocycles. The van der Waals surface area contributed by atoms with E-state index in [9.17, 15) is 14.4 Å². The van der Waals surface area contributed by atoms with Crippen LogP contribution < -0.4 is 16.6 Å². The van der Waals surface area contributed by atoms with Crippen LogP contribution in [0.1, 0.15) is 29.5 Å². The average molecular weight is 435 g/mol. The van der Waals surface area contributed by atoms with Gasteiger partial charge in [0.25, 0.3) is 5.56 Å². The zero-order chi connectivity index (χ0) is 23.0. The third-order valence-electron chi connectivity index (χ3n) is 5.52. The molecule has 0 saturated carbocycles. The second-order valence-electron chi connectivity index (χ2n) is 7.75. The Morgan fingerprint density at radius 1 is 1.03 bits per heavy atom. The van der Waals surface area contributed by atoms with Gasteiger partial charge in [-0.3, -0.25) is 23.4 Å². The lowest BCUT2D eigenvalue weighted by molar-refractivity contribution is -0.116. The van der Waals surface area contributed by atoms with Gasteiger partial charge in [0, 0.05) is 12.2 Å². The van der Waals surface area contributed by atoms with Gasteiger partial charge in [-0.05, 0) is 51.0 Å². The maximum absolute atomic E-state index is 13.4. The van der Waals surface area contributed by atoms with Crippen molar-refractivity contribution in [2.75, 3.05) is 5.32 Å². The molecule has 0 aliphatic heterocycles. The molecule has 3 heterocycles. The number of carbonyl (C=O) groups excluding carboxylic acids is 1. The molecule has 32 heavy (non-hydrogen) atoms. The minimum Gasteiger partial charge on any atom is -0.467 e. The second kappa shape index (κ2) is 8.33. The molecule has 9 heteroatoms. The minimum atomic E-state index is -0.589. The van der Waals surface area contributed by atoms with Gasteiger partial charge in [0.1, 0.15) is 17.8 Å². The van der Waals surface area contributed by atoms with Crippen LogP contribution in [-0.2, 0) is 24.4 Å². The summed E-state index contributed by atoms with van der Waals surface area (Å²) in [4.78, 5) is 39.6. The number of furan rings is 1.